The van der Waals surface area contributed by atoms with Crippen LogP contribution in [-0.2, 0) is 9.53 Å². The molecule has 0 N–H and O–H groups in total. The minimum absolute atomic E-state index is 0.156. The number of hydrogen-bond donors (Lipinski definition) is 0. The number of aromatic nitrogens is 1. The second kappa shape index (κ2) is 12.6. The average molecular weight is 617 g/mol. The lowest BCUT2D eigenvalue weighted by molar-refractivity contribution is -0.138. The van der Waals surface area contributed by atoms with Crippen LogP contribution < -0.4 is 24.4 Å². The van der Waals surface area contributed by atoms with Crippen LogP contribution in [0.2, 0.25) is 5.02 Å². The van der Waals surface area contributed by atoms with Gasteiger partial charge in [-0.25, -0.2) is 9.79 Å². The summed E-state index contributed by atoms with van der Waals surface area (Å²) in [7, 11) is 3.20. The smallest absolute Gasteiger partial charge is 0.338 e. The molecule has 9 heteroatoms. The maximum Gasteiger partial charge on any atom is 0.338 e. The molecule has 1 aliphatic heterocycles. The van der Waals surface area contributed by atoms with E-state index >= 15 is 0 Å². The van der Waals surface area contributed by atoms with Gasteiger partial charge < -0.3 is 14.2 Å². The van der Waals surface area contributed by atoms with Crippen molar-refractivity contribution in [2.24, 2.45) is 4.99 Å². The third-order valence-corrected chi connectivity index (χ3v) is 8.61. The second-order valence-corrected chi connectivity index (χ2v) is 11.9. The van der Waals surface area contributed by atoms with Gasteiger partial charge >= 0.3 is 5.97 Å². The van der Waals surface area contributed by atoms with Gasteiger partial charge in [-0.2, -0.15) is 0 Å². The van der Waals surface area contributed by atoms with Crippen molar-refractivity contribution < 1.29 is 19.0 Å². The molecular weight excluding hydrogens is 584 g/mol. The molecule has 0 unspecified atom stereocenters. The first kappa shape index (κ1) is 30.3. The zero-order chi connectivity index (χ0) is 30.8. The van der Waals surface area contributed by atoms with Crippen molar-refractivity contribution in [3.63, 3.8) is 0 Å². The van der Waals surface area contributed by atoms with Crippen molar-refractivity contribution in [1.82, 2.24) is 4.57 Å². The molecule has 0 aliphatic carbocycles. The predicted molar refractivity (Wildman–Crippen MR) is 171 cm³/mol. The highest BCUT2D eigenvalue weighted by Crippen LogP contribution is 2.40. The van der Waals surface area contributed by atoms with Gasteiger partial charge in [-0.1, -0.05) is 67.1 Å². The number of fused-ring (bicyclic) bond motifs is 1. The molecule has 2 heterocycles. The third-order valence-electron chi connectivity index (χ3n) is 7.39. The minimum Gasteiger partial charge on any atom is -0.496 e. The van der Waals surface area contributed by atoms with Crippen molar-refractivity contribution in [1.29, 1.82) is 0 Å². The Morgan fingerprint density at radius 3 is 2.44 bits per heavy atom. The Morgan fingerprint density at radius 1 is 1.07 bits per heavy atom. The SMILES string of the molecule is CCOC(=O)C1=C(c2ccccc2)N=c2s/c(=C\c3cc(C(C)C)c(OC)cc3C)c(=O)n2[C@@H]1c1cc(Cl)ccc1OC. The van der Waals surface area contributed by atoms with E-state index in [1.807, 2.05) is 49.4 Å². The van der Waals surface area contributed by atoms with Crippen LogP contribution in [0.5, 0.6) is 11.5 Å². The summed E-state index contributed by atoms with van der Waals surface area (Å²) >= 11 is 7.75. The quantitative estimate of drug-likeness (QED) is 0.226. The van der Waals surface area contributed by atoms with E-state index in [2.05, 4.69) is 19.9 Å². The van der Waals surface area contributed by atoms with E-state index in [-0.39, 0.29) is 23.7 Å². The van der Waals surface area contributed by atoms with Gasteiger partial charge in [-0.05, 0) is 72.9 Å². The van der Waals surface area contributed by atoms with Crippen LogP contribution in [-0.4, -0.2) is 31.4 Å². The highest BCUT2D eigenvalue weighted by Gasteiger charge is 2.37. The van der Waals surface area contributed by atoms with E-state index in [9.17, 15) is 9.59 Å². The minimum atomic E-state index is -0.899. The van der Waals surface area contributed by atoms with E-state index in [0.717, 1.165) is 28.0 Å². The number of rotatable bonds is 8. The van der Waals surface area contributed by atoms with Gasteiger partial charge in [0.2, 0.25) is 0 Å². The number of carbonyl (C=O) groups is 1. The summed E-state index contributed by atoms with van der Waals surface area (Å²) in [5.74, 6) is 0.942. The zero-order valence-corrected chi connectivity index (χ0v) is 26.5. The highest BCUT2D eigenvalue weighted by molar-refractivity contribution is 7.07. The second-order valence-electron chi connectivity index (χ2n) is 10.4. The Bertz CT molecular complexity index is 1910. The molecule has 5 rings (SSSR count). The molecule has 7 nitrogen and oxygen atoms in total. The van der Waals surface area contributed by atoms with Gasteiger partial charge in [0.25, 0.3) is 5.56 Å². The maximum atomic E-state index is 14.3. The standard InChI is InChI=1S/C34H33ClN2O5S/c1-7-42-33(39)29-30(21-11-9-8-10-12-21)36-34-37(31(29)25-18-23(35)13-14-26(25)40-5)32(38)28(43-34)17-22-16-24(19(2)3)27(41-6)15-20(22)4/h8-19,31H,7H2,1-6H3/b28-17-/t31-/m1/s1. The number of ether oxygens (including phenoxy) is 3. The molecular formula is C34H33ClN2O5S. The fraction of sp³-hybridized carbons (Fsp3) is 0.265. The van der Waals surface area contributed by atoms with Crippen LogP contribution in [0, 0.1) is 6.92 Å². The van der Waals surface area contributed by atoms with Gasteiger partial charge in [0, 0.05) is 16.1 Å². The highest BCUT2D eigenvalue weighted by atomic mass is 35.5. The molecule has 0 amide bonds. The summed E-state index contributed by atoms with van der Waals surface area (Å²) in [5.41, 5.74) is 4.57. The van der Waals surface area contributed by atoms with Crippen molar-refractivity contribution in [2.75, 3.05) is 20.8 Å². The van der Waals surface area contributed by atoms with E-state index in [0.29, 0.717) is 31.4 Å². The molecule has 222 valence electrons. The number of hydrogen-bond acceptors (Lipinski definition) is 7. The van der Waals surface area contributed by atoms with Gasteiger partial charge in [0.05, 0.1) is 36.6 Å². The largest absolute Gasteiger partial charge is 0.496 e. The Kier molecular flexibility index (Phi) is 8.89. The summed E-state index contributed by atoms with van der Waals surface area (Å²) < 4.78 is 18.9. The zero-order valence-electron chi connectivity index (χ0n) is 24.9. The van der Waals surface area contributed by atoms with Crippen LogP contribution in [0.3, 0.4) is 0 Å². The van der Waals surface area contributed by atoms with Crippen LogP contribution in [0.15, 0.2) is 76.0 Å². The normalized spacial score (nSPS) is 14.9. The van der Waals surface area contributed by atoms with Crippen molar-refractivity contribution in [3.05, 3.63) is 119 Å². The van der Waals surface area contributed by atoms with Gasteiger partial charge in [0.15, 0.2) is 4.80 Å². The number of halogens is 1. The number of benzene rings is 3. The summed E-state index contributed by atoms with van der Waals surface area (Å²) in [6.07, 6.45) is 1.88. The average Bonchev–Trinajstić information content (AvgIpc) is 3.31. The van der Waals surface area contributed by atoms with Gasteiger partial charge in [-0.15, -0.1) is 0 Å². The first-order valence-corrected chi connectivity index (χ1v) is 15.2. The fourth-order valence-corrected chi connectivity index (χ4v) is 6.47. The maximum absolute atomic E-state index is 14.3. The summed E-state index contributed by atoms with van der Waals surface area (Å²) in [5, 5.41) is 0.439. The number of thiazole rings is 1. The van der Waals surface area contributed by atoms with Crippen LogP contribution in [0.1, 0.15) is 60.5 Å². The monoisotopic (exact) mass is 616 g/mol. The molecule has 4 aromatic rings. The molecule has 1 aromatic heterocycles. The summed E-state index contributed by atoms with van der Waals surface area (Å²) in [6.45, 7) is 8.09. The fourth-order valence-electron chi connectivity index (χ4n) is 5.29. The molecule has 1 aliphatic rings. The third kappa shape index (κ3) is 5.77. The first-order valence-electron chi connectivity index (χ1n) is 14.0. The Labute approximate surface area is 259 Å². The number of nitrogens with zero attached hydrogens (tertiary/aromatic N) is 2. The van der Waals surface area contributed by atoms with Crippen LogP contribution in [0.4, 0.5) is 0 Å². The van der Waals surface area contributed by atoms with E-state index in [1.165, 1.54) is 11.3 Å². The van der Waals surface area contributed by atoms with Crippen molar-refractivity contribution >= 4 is 40.7 Å². The lowest BCUT2D eigenvalue weighted by atomic mass is 9.92. The molecule has 3 aromatic carbocycles. The lowest BCUT2D eigenvalue weighted by Crippen LogP contribution is -2.40. The Balaban J connectivity index is 1.86. The van der Waals surface area contributed by atoms with Crippen molar-refractivity contribution in [2.45, 2.75) is 39.7 Å². The molecule has 0 fully saturated rings. The first-order chi connectivity index (χ1) is 20.7. The number of methoxy groups -OCH3 is 2. The van der Waals surface area contributed by atoms with E-state index in [4.69, 9.17) is 30.8 Å². The van der Waals surface area contributed by atoms with E-state index < -0.39 is 12.0 Å². The summed E-state index contributed by atoms with van der Waals surface area (Å²) in [6, 6.07) is 17.7. The van der Waals surface area contributed by atoms with Crippen molar-refractivity contribution in [3.8, 4) is 11.5 Å². The molecule has 43 heavy (non-hydrogen) atoms. The topological polar surface area (TPSA) is 79.1 Å². The summed E-state index contributed by atoms with van der Waals surface area (Å²) in [4.78, 5) is 33.4. The molecule has 0 saturated carbocycles. The molecule has 0 saturated heterocycles. The van der Waals surface area contributed by atoms with Crippen LogP contribution >= 0.6 is 22.9 Å². The molecule has 0 radical (unpaired) electrons. The Hall–Kier alpha value is -4.14. The Morgan fingerprint density at radius 2 is 1.79 bits per heavy atom. The number of carbonyl (C=O) groups excluding carboxylic acids is 1. The van der Waals surface area contributed by atoms with Gasteiger partial charge in [0.1, 0.15) is 17.5 Å². The number of aryl methyl sites for hydroxylation is 1. The molecule has 1 atom stereocenters. The predicted octanol–water partition coefficient (Wildman–Crippen LogP) is 6.04. The van der Waals surface area contributed by atoms with E-state index in [1.54, 1.807) is 43.9 Å². The van der Waals surface area contributed by atoms with Gasteiger partial charge in [-0.3, -0.25) is 9.36 Å². The molecule has 0 spiro atoms. The number of esters is 1. The van der Waals surface area contributed by atoms with Crippen LogP contribution in [0.25, 0.3) is 11.8 Å². The molecule has 0 bridgehead atoms. The lowest BCUT2D eigenvalue weighted by Gasteiger charge is -2.27.